The Balaban J connectivity index is 1.69. The van der Waals surface area contributed by atoms with E-state index in [-0.39, 0.29) is 18.2 Å². The second-order valence-electron chi connectivity index (χ2n) is 6.38. The van der Waals surface area contributed by atoms with Gasteiger partial charge in [-0.2, -0.15) is 0 Å². The van der Waals surface area contributed by atoms with Gasteiger partial charge in [-0.15, -0.1) is 11.3 Å². The van der Waals surface area contributed by atoms with E-state index in [4.69, 9.17) is 17.0 Å². The summed E-state index contributed by atoms with van der Waals surface area (Å²) in [6.45, 7) is 3.88. The van der Waals surface area contributed by atoms with Crippen LogP contribution in [0.2, 0.25) is 0 Å². The van der Waals surface area contributed by atoms with Gasteiger partial charge in [0.15, 0.2) is 5.11 Å². The van der Waals surface area contributed by atoms with Crippen LogP contribution in [0.3, 0.4) is 0 Å². The fraction of sp³-hybridized carbons (Fsp3) is 0.444. The molecule has 6 heteroatoms. The van der Waals surface area contributed by atoms with Crippen LogP contribution in [-0.2, 0) is 4.74 Å². The second kappa shape index (κ2) is 6.78. The Labute approximate surface area is 151 Å². The summed E-state index contributed by atoms with van der Waals surface area (Å²) in [7, 11) is 0. The molecule has 24 heavy (non-hydrogen) atoms. The lowest BCUT2D eigenvalue weighted by Crippen LogP contribution is -2.36. The molecule has 0 aromatic carbocycles. The number of nitrogens with zero attached hydrogens (tertiary/aromatic N) is 2. The van der Waals surface area contributed by atoms with E-state index in [1.54, 1.807) is 11.3 Å². The van der Waals surface area contributed by atoms with Crippen molar-refractivity contribution < 1.29 is 4.74 Å². The van der Waals surface area contributed by atoms with Gasteiger partial charge in [0.05, 0.1) is 23.9 Å². The molecule has 4 heterocycles. The van der Waals surface area contributed by atoms with Gasteiger partial charge in [-0.1, -0.05) is 6.07 Å². The van der Waals surface area contributed by atoms with Gasteiger partial charge in [-0.05, 0) is 61.1 Å². The highest BCUT2D eigenvalue weighted by Crippen LogP contribution is 2.42. The van der Waals surface area contributed by atoms with Crippen LogP contribution in [0.4, 0.5) is 0 Å². The molecule has 0 amide bonds. The lowest BCUT2D eigenvalue weighted by molar-refractivity contribution is 0.0845. The lowest BCUT2D eigenvalue weighted by Gasteiger charge is -2.29. The minimum Gasteiger partial charge on any atom is -0.376 e. The normalized spacial score (nSPS) is 26.8. The van der Waals surface area contributed by atoms with Crippen LogP contribution in [0.5, 0.6) is 0 Å². The highest BCUT2D eigenvalue weighted by molar-refractivity contribution is 7.80. The predicted octanol–water partition coefficient (Wildman–Crippen LogP) is 3.60. The van der Waals surface area contributed by atoms with Crippen LogP contribution >= 0.6 is 23.6 Å². The first kappa shape index (κ1) is 16.0. The first-order valence-electron chi connectivity index (χ1n) is 8.37. The number of thiophene rings is 1. The second-order valence-corrected chi connectivity index (χ2v) is 7.72. The fourth-order valence-electron chi connectivity index (χ4n) is 3.58. The summed E-state index contributed by atoms with van der Waals surface area (Å²) in [4.78, 5) is 8.24. The zero-order valence-corrected chi connectivity index (χ0v) is 15.3. The van der Waals surface area contributed by atoms with Crippen LogP contribution in [0.25, 0.3) is 0 Å². The molecule has 0 saturated carbocycles. The van der Waals surface area contributed by atoms with E-state index in [2.05, 4.69) is 39.6 Å². The topological polar surface area (TPSA) is 37.4 Å². The third-order valence-corrected chi connectivity index (χ3v) is 6.23. The van der Waals surface area contributed by atoms with Crippen molar-refractivity contribution in [2.24, 2.45) is 0 Å². The summed E-state index contributed by atoms with van der Waals surface area (Å²) < 4.78 is 5.86. The van der Waals surface area contributed by atoms with E-state index in [0.29, 0.717) is 0 Å². The monoisotopic (exact) mass is 359 g/mol. The molecule has 2 aromatic rings. The van der Waals surface area contributed by atoms with E-state index in [0.717, 1.165) is 36.8 Å². The average molecular weight is 360 g/mol. The molecule has 2 aliphatic rings. The van der Waals surface area contributed by atoms with Gasteiger partial charge in [0.1, 0.15) is 0 Å². The molecule has 0 spiro atoms. The van der Waals surface area contributed by atoms with Crippen molar-refractivity contribution in [2.45, 2.75) is 38.0 Å². The van der Waals surface area contributed by atoms with Crippen molar-refractivity contribution in [1.29, 1.82) is 0 Å². The van der Waals surface area contributed by atoms with E-state index in [1.807, 2.05) is 18.3 Å². The minimum atomic E-state index is 0.0810. The Morgan fingerprint density at radius 2 is 2.33 bits per heavy atom. The maximum Gasteiger partial charge on any atom is 0.170 e. The van der Waals surface area contributed by atoms with E-state index >= 15 is 0 Å². The Hall–Kier alpha value is -1.50. The van der Waals surface area contributed by atoms with Gasteiger partial charge in [0.2, 0.25) is 0 Å². The molecule has 0 bridgehead atoms. The molecule has 126 valence electrons. The van der Waals surface area contributed by atoms with Crippen molar-refractivity contribution in [3.63, 3.8) is 0 Å². The van der Waals surface area contributed by atoms with Crippen LogP contribution in [0.15, 0.2) is 35.8 Å². The highest BCUT2D eigenvalue weighted by atomic mass is 32.1. The standard InChI is InChI=1S/C18H21N3OS2/c1-12-7-10-24-17(12)16-15(14-6-2-3-8-19-14)20-18(23)21(16)11-13-5-4-9-22-13/h2-3,6-8,10,13,15-16H,4-5,9,11H2,1H3,(H,20,23)/t13-,15-,16+/m0/s1. The number of hydrogen-bond donors (Lipinski definition) is 1. The molecular weight excluding hydrogens is 338 g/mol. The van der Waals surface area contributed by atoms with Crippen molar-refractivity contribution in [3.05, 3.63) is 52.0 Å². The van der Waals surface area contributed by atoms with E-state index in [1.165, 1.54) is 10.4 Å². The molecule has 2 aliphatic heterocycles. The van der Waals surface area contributed by atoms with Gasteiger partial charge < -0.3 is 15.0 Å². The summed E-state index contributed by atoms with van der Waals surface area (Å²) >= 11 is 7.48. The molecule has 2 fully saturated rings. The maximum atomic E-state index is 5.86. The molecule has 2 aromatic heterocycles. The van der Waals surface area contributed by atoms with Crippen molar-refractivity contribution >= 4 is 28.7 Å². The van der Waals surface area contributed by atoms with Crippen molar-refractivity contribution in [1.82, 2.24) is 15.2 Å². The number of ether oxygens (including phenoxy) is 1. The average Bonchev–Trinajstić information content (AvgIpc) is 3.31. The van der Waals surface area contributed by atoms with Gasteiger partial charge in [-0.25, -0.2) is 0 Å². The maximum absolute atomic E-state index is 5.86. The van der Waals surface area contributed by atoms with E-state index < -0.39 is 0 Å². The Kier molecular flexibility index (Phi) is 4.52. The third-order valence-electron chi connectivity index (χ3n) is 4.79. The lowest BCUT2D eigenvalue weighted by atomic mass is 10.0. The summed E-state index contributed by atoms with van der Waals surface area (Å²) in [5, 5.41) is 6.47. The van der Waals surface area contributed by atoms with Crippen LogP contribution in [-0.4, -0.2) is 34.3 Å². The molecular formula is C18H21N3OS2. The molecule has 0 radical (unpaired) electrons. The van der Waals surface area contributed by atoms with Crippen molar-refractivity contribution in [2.75, 3.05) is 13.2 Å². The Morgan fingerprint density at radius 3 is 3.00 bits per heavy atom. The molecule has 4 rings (SSSR count). The molecule has 4 nitrogen and oxygen atoms in total. The SMILES string of the molecule is Cc1ccsc1[C@H]1[C@H](c2ccccn2)NC(=S)N1C[C@@H]1CCCO1. The van der Waals surface area contributed by atoms with Crippen LogP contribution in [0.1, 0.15) is 41.1 Å². The molecule has 0 aliphatic carbocycles. The van der Waals surface area contributed by atoms with Gasteiger partial charge in [0.25, 0.3) is 0 Å². The fourth-order valence-corrected chi connectivity index (χ4v) is 4.97. The smallest absolute Gasteiger partial charge is 0.170 e. The highest BCUT2D eigenvalue weighted by Gasteiger charge is 2.42. The first-order chi connectivity index (χ1) is 11.7. The number of nitrogens with one attached hydrogen (secondary N) is 1. The molecule has 3 atom stereocenters. The predicted molar refractivity (Wildman–Crippen MR) is 100 cm³/mol. The van der Waals surface area contributed by atoms with Gasteiger partial charge >= 0.3 is 0 Å². The van der Waals surface area contributed by atoms with Crippen molar-refractivity contribution in [3.8, 4) is 0 Å². The quantitative estimate of drug-likeness (QED) is 0.844. The summed E-state index contributed by atoms with van der Waals surface area (Å²) in [5.74, 6) is 0. The molecule has 1 N–H and O–H groups in total. The number of aryl methyl sites for hydroxylation is 1. The molecule has 2 saturated heterocycles. The largest absolute Gasteiger partial charge is 0.376 e. The zero-order valence-electron chi connectivity index (χ0n) is 13.6. The van der Waals surface area contributed by atoms with Crippen LogP contribution in [0, 0.1) is 6.92 Å². The number of aromatic nitrogens is 1. The summed E-state index contributed by atoms with van der Waals surface area (Å²) in [5.41, 5.74) is 2.35. The number of rotatable bonds is 4. The number of hydrogen-bond acceptors (Lipinski definition) is 4. The third kappa shape index (κ3) is 2.94. The minimum absolute atomic E-state index is 0.0810. The first-order valence-corrected chi connectivity index (χ1v) is 9.66. The number of pyridine rings is 1. The molecule has 0 unspecified atom stereocenters. The van der Waals surface area contributed by atoms with Gasteiger partial charge in [0, 0.05) is 24.2 Å². The summed E-state index contributed by atoms with van der Waals surface area (Å²) in [6, 6.07) is 8.50. The van der Waals surface area contributed by atoms with E-state index in [9.17, 15) is 0 Å². The van der Waals surface area contributed by atoms with Gasteiger partial charge in [-0.3, -0.25) is 4.98 Å². The zero-order chi connectivity index (χ0) is 16.5. The summed E-state index contributed by atoms with van der Waals surface area (Å²) in [6.07, 6.45) is 4.38. The number of thiocarbonyl (C=S) groups is 1. The van der Waals surface area contributed by atoms with Crippen LogP contribution < -0.4 is 5.32 Å². The Bertz CT molecular complexity index is 712. The Morgan fingerprint density at radius 1 is 1.42 bits per heavy atom.